The van der Waals surface area contributed by atoms with E-state index in [1.807, 2.05) is 31.2 Å². The quantitative estimate of drug-likeness (QED) is 0.443. The van der Waals surface area contributed by atoms with Crippen molar-refractivity contribution in [3.8, 4) is 0 Å². The molecule has 25 heavy (non-hydrogen) atoms. The van der Waals surface area contributed by atoms with E-state index in [4.69, 9.17) is 10.5 Å². The number of esters is 1. The van der Waals surface area contributed by atoms with Crippen LogP contribution in [-0.2, 0) is 19.7 Å². The molecule has 0 saturated heterocycles. The standard InChI is InChI=1S/C21H31NO3/c1-3-4-13-25-20(24)16(2)18-5-7-19(8-6-18)21(15-23)11-9-17(14-22)10-12-21/h5-8,15-17H,3-4,9-14,22H2,1-2H3. The smallest absolute Gasteiger partial charge is 0.313 e. The van der Waals surface area contributed by atoms with E-state index in [2.05, 4.69) is 6.92 Å². The zero-order valence-corrected chi connectivity index (χ0v) is 15.5. The van der Waals surface area contributed by atoms with Gasteiger partial charge in [-0.3, -0.25) is 4.79 Å². The summed E-state index contributed by atoms with van der Waals surface area (Å²) in [4.78, 5) is 23.9. The minimum absolute atomic E-state index is 0.185. The van der Waals surface area contributed by atoms with Gasteiger partial charge in [0.1, 0.15) is 6.29 Å². The topological polar surface area (TPSA) is 69.4 Å². The van der Waals surface area contributed by atoms with Crippen molar-refractivity contribution in [2.45, 2.75) is 63.7 Å². The largest absolute Gasteiger partial charge is 0.465 e. The van der Waals surface area contributed by atoms with Crippen LogP contribution < -0.4 is 5.73 Å². The summed E-state index contributed by atoms with van der Waals surface area (Å²) in [5.41, 5.74) is 7.35. The molecule has 0 heterocycles. The Morgan fingerprint density at radius 2 is 1.96 bits per heavy atom. The van der Waals surface area contributed by atoms with Gasteiger partial charge in [0.25, 0.3) is 0 Å². The molecule has 1 unspecified atom stereocenters. The molecule has 1 aromatic rings. The van der Waals surface area contributed by atoms with Gasteiger partial charge in [-0.05, 0) is 62.6 Å². The Balaban J connectivity index is 2.05. The molecule has 4 nitrogen and oxygen atoms in total. The average molecular weight is 345 g/mol. The van der Waals surface area contributed by atoms with Gasteiger partial charge in [0.05, 0.1) is 17.9 Å². The second kappa shape index (κ2) is 9.14. The molecule has 0 amide bonds. The predicted molar refractivity (Wildman–Crippen MR) is 99.5 cm³/mol. The fourth-order valence-corrected chi connectivity index (χ4v) is 3.58. The summed E-state index contributed by atoms with van der Waals surface area (Å²) in [5.74, 6) is 0.0612. The van der Waals surface area contributed by atoms with Gasteiger partial charge in [0.15, 0.2) is 0 Å². The lowest BCUT2D eigenvalue weighted by molar-refractivity contribution is -0.145. The first-order chi connectivity index (χ1) is 12.1. The fraction of sp³-hybridized carbons (Fsp3) is 0.619. The lowest BCUT2D eigenvalue weighted by Crippen LogP contribution is -2.35. The summed E-state index contributed by atoms with van der Waals surface area (Å²) in [6.45, 7) is 5.12. The molecule has 1 atom stereocenters. The number of rotatable bonds is 8. The van der Waals surface area contributed by atoms with E-state index >= 15 is 0 Å². The summed E-state index contributed by atoms with van der Waals surface area (Å²) < 4.78 is 5.30. The van der Waals surface area contributed by atoms with E-state index < -0.39 is 5.41 Å². The van der Waals surface area contributed by atoms with Crippen LogP contribution in [0, 0.1) is 5.92 Å². The molecule has 4 heteroatoms. The SMILES string of the molecule is CCCCOC(=O)C(C)c1ccc(C2(C=O)CCC(CN)CC2)cc1. The highest BCUT2D eigenvalue weighted by atomic mass is 16.5. The zero-order chi connectivity index (χ0) is 18.3. The number of ether oxygens (including phenoxy) is 1. The van der Waals surface area contributed by atoms with Crippen LogP contribution in [-0.4, -0.2) is 25.4 Å². The molecule has 0 bridgehead atoms. The molecule has 0 aliphatic heterocycles. The van der Waals surface area contributed by atoms with E-state index in [1.54, 1.807) is 0 Å². The first kappa shape index (κ1) is 19.6. The molecule has 1 aliphatic carbocycles. The van der Waals surface area contributed by atoms with Gasteiger partial charge in [-0.2, -0.15) is 0 Å². The highest BCUT2D eigenvalue weighted by Gasteiger charge is 2.36. The number of benzene rings is 1. The maximum absolute atomic E-state index is 12.1. The minimum atomic E-state index is -0.394. The molecule has 2 N–H and O–H groups in total. The van der Waals surface area contributed by atoms with Crippen molar-refractivity contribution in [1.29, 1.82) is 0 Å². The molecule has 0 aromatic heterocycles. The second-order valence-electron chi connectivity index (χ2n) is 7.32. The predicted octanol–water partition coefficient (Wildman–Crippen LogP) is 3.72. The number of unbranched alkanes of at least 4 members (excludes halogenated alkanes) is 1. The number of hydrogen-bond donors (Lipinski definition) is 1. The third-order valence-electron chi connectivity index (χ3n) is 5.64. The Morgan fingerprint density at radius 3 is 2.48 bits per heavy atom. The molecule has 1 saturated carbocycles. The normalized spacial score (nSPS) is 24.5. The molecular weight excluding hydrogens is 314 g/mol. The van der Waals surface area contributed by atoms with Crippen LogP contribution in [0.2, 0.25) is 0 Å². The number of aldehydes is 1. The number of carbonyl (C=O) groups is 2. The van der Waals surface area contributed by atoms with Crippen molar-refractivity contribution in [3.05, 3.63) is 35.4 Å². The van der Waals surface area contributed by atoms with Gasteiger partial charge < -0.3 is 15.3 Å². The molecule has 1 aromatic carbocycles. The van der Waals surface area contributed by atoms with Crippen molar-refractivity contribution in [3.63, 3.8) is 0 Å². The Hall–Kier alpha value is -1.68. The molecular formula is C21H31NO3. The second-order valence-corrected chi connectivity index (χ2v) is 7.32. The summed E-state index contributed by atoms with van der Waals surface area (Å²) in [6.07, 6.45) is 6.71. The highest BCUT2D eigenvalue weighted by molar-refractivity contribution is 5.78. The molecule has 0 radical (unpaired) electrons. The Kier molecular flexibility index (Phi) is 7.18. The molecule has 0 spiro atoms. The zero-order valence-electron chi connectivity index (χ0n) is 15.5. The summed E-state index contributed by atoms with van der Waals surface area (Å²) in [5, 5.41) is 0. The fourth-order valence-electron chi connectivity index (χ4n) is 3.58. The first-order valence-electron chi connectivity index (χ1n) is 9.49. The first-order valence-corrected chi connectivity index (χ1v) is 9.49. The Bertz CT molecular complexity index is 559. The summed E-state index contributed by atoms with van der Waals surface area (Å²) in [6, 6.07) is 7.92. The Labute approximate surface area is 151 Å². The van der Waals surface area contributed by atoms with Gasteiger partial charge >= 0.3 is 5.97 Å². The van der Waals surface area contributed by atoms with Crippen LogP contribution in [0.4, 0.5) is 0 Å². The van der Waals surface area contributed by atoms with E-state index in [0.29, 0.717) is 19.1 Å². The molecule has 1 fully saturated rings. The summed E-state index contributed by atoms with van der Waals surface area (Å²) >= 11 is 0. The molecule has 1 aliphatic rings. The third-order valence-corrected chi connectivity index (χ3v) is 5.64. The molecule has 138 valence electrons. The number of hydrogen-bond acceptors (Lipinski definition) is 4. The van der Waals surface area contributed by atoms with Crippen LogP contribution in [0.5, 0.6) is 0 Å². The van der Waals surface area contributed by atoms with Crippen LogP contribution in [0.15, 0.2) is 24.3 Å². The monoisotopic (exact) mass is 345 g/mol. The lowest BCUT2D eigenvalue weighted by atomic mass is 9.67. The van der Waals surface area contributed by atoms with Crippen molar-refractivity contribution in [1.82, 2.24) is 0 Å². The van der Waals surface area contributed by atoms with E-state index in [1.165, 1.54) is 0 Å². The van der Waals surface area contributed by atoms with Gasteiger partial charge in [-0.25, -0.2) is 0 Å². The van der Waals surface area contributed by atoms with Crippen molar-refractivity contribution in [2.24, 2.45) is 11.7 Å². The Morgan fingerprint density at radius 1 is 1.32 bits per heavy atom. The van der Waals surface area contributed by atoms with E-state index in [9.17, 15) is 9.59 Å². The van der Waals surface area contributed by atoms with Crippen molar-refractivity contribution >= 4 is 12.3 Å². The van der Waals surface area contributed by atoms with E-state index in [0.717, 1.165) is 55.9 Å². The van der Waals surface area contributed by atoms with Crippen molar-refractivity contribution in [2.75, 3.05) is 13.2 Å². The van der Waals surface area contributed by atoms with Gasteiger partial charge in [0.2, 0.25) is 0 Å². The van der Waals surface area contributed by atoms with E-state index in [-0.39, 0.29) is 11.9 Å². The number of carbonyl (C=O) groups excluding carboxylic acids is 2. The third kappa shape index (κ3) is 4.69. The van der Waals surface area contributed by atoms with Crippen molar-refractivity contribution < 1.29 is 14.3 Å². The van der Waals surface area contributed by atoms with Crippen LogP contribution in [0.1, 0.15) is 69.4 Å². The molecule has 2 rings (SSSR count). The highest BCUT2D eigenvalue weighted by Crippen LogP contribution is 2.40. The van der Waals surface area contributed by atoms with Gasteiger partial charge in [-0.1, -0.05) is 37.6 Å². The van der Waals surface area contributed by atoms with Gasteiger partial charge in [-0.15, -0.1) is 0 Å². The number of nitrogens with two attached hydrogens (primary N) is 1. The minimum Gasteiger partial charge on any atom is -0.465 e. The van der Waals surface area contributed by atoms with Crippen LogP contribution >= 0.6 is 0 Å². The van der Waals surface area contributed by atoms with Gasteiger partial charge in [0, 0.05) is 0 Å². The van der Waals surface area contributed by atoms with Crippen LogP contribution in [0.3, 0.4) is 0 Å². The summed E-state index contributed by atoms with van der Waals surface area (Å²) in [7, 11) is 0. The maximum Gasteiger partial charge on any atom is 0.313 e. The maximum atomic E-state index is 12.1. The van der Waals surface area contributed by atoms with Crippen LogP contribution in [0.25, 0.3) is 0 Å². The lowest BCUT2D eigenvalue weighted by Gasteiger charge is -2.36. The average Bonchev–Trinajstić information content (AvgIpc) is 2.67.